The molecule has 0 aliphatic carbocycles. The van der Waals surface area contributed by atoms with Crippen LogP contribution in [0.1, 0.15) is 6.23 Å². The standard InChI is InChI=1S/C15H20N5O6PS/c1-4-5-24-11-10(26-27(3,22)28)8(6-23-2)25-14(11)20-7-17-9-12(20)18-15(16)19-13(9)21/h1,7-8,10-11,14H,5-6H2,2-3H3,(H,22,28)(H3,16,18,19,21)/p-1/t8-,10+,11+,14-,27?/m1/s1. The zero-order valence-corrected chi connectivity index (χ0v) is 16.8. The zero-order valence-electron chi connectivity index (χ0n) is 15.1. The summed E-state index contributed by atoms with van der Waals surface area (Å²) in [6.07, 6.45) is 3.53. The first-order valence-electron chi connectivity index (χ1n) is 8.14. The number of fused-ring (bicyclic) bond motifs is 1. The fraction of sp³-hybridized carbons (Fsp3) is 0.533. The molecule has 0 aromatic carbocycles. The molecule has 1 aliphatic rings. The number of H-pyrrole nitrogens is 1. The molecular formula is C15H19N5O6PS-. The summed E-state index contributed by atoms with van der Waals surface area (Å²) in [7, 11) is 1.48. The number of methoxy groups -OCH3 is 1. The summed E-state index contributed by atoms with van der Waals surface area (Å²) in [5.74, 6) is 2.29. The summed E-state index contributed by atoms with van der Waals surface area (Å²) >= 11 is 4.92. The predicted molar refractivity (Wildman–Crippen MR) is 102 cm³/mol. The van der Waals surface area contributed by atoms with Gasteiger partial charge in [0.2, 0.25) is 5.95 Å². The van der Waals surface area contributed by atoms with E-state index in [9.17, 15) is 9.69 Å². The van der Waals surface area contributed by atoms with Crippen LogP contribution in [0.3, 0.4) is 0 Å². The Hall–Kier alpha value is -1.84. The van der Waals surface area contributed by atoms with Gasteiger partial charge in [-0.15, -0.1) is 6.42 Å². The largest absolute Gasteiger partial charge is 0.801 e. The molecule has 2 aromatic rings. The Kier molecular flexibility index (Phi) is 6.16. The number of nitrogens with one attached hydrogen (secondary N) is 1. The SMILES string of the molecule is C#CCO[C@H]1[C@@H](OP(C)([O-])=S)[C@@H](COC)O[C@H]1n1cnc2c(=O)[nH]c(N)nc21. The van der Waals surface area contributed by atoms with Crippen molar-refractivity contribution in [1.29, 1.82) is 0 Å². The van der Waals surface area contributed by atoms with Crippen molar-refractivity contribution in [3.8, 4) is 12.3 Å². The van der Waals surface area contributed by atoms with E-state index in [-0.39, 0.29) is 30.3 Å². The van der Waals surface area contributed by atoms with Gasteiger partial charge in [0.05, 0.1) is 12.9 Å². The lowest BCUT2D eigenvalue weighted by Crippen LogP contribution is -2.38. The van der Waals surface area contributed by atoms with Crippen LogP contribution in [0.5, 0.6) is 0 Å². The van der Waals surface area contributed by atoms with Crippen molar-refractivity contribution in [3.05, 3.63) is 16.7 Å². The lowest BCUT2D eigenvalue weighted by Gasteiger charge is -2.32. The van der Waals surface area contributed by atoms with E-state index in [1.807, 2.05) is 0 Å². The van der Waals surface area contributed by atoms with Gasteiger partial charge in [-0.2, -0.15) is 4.98 Å². The molecule has 1 saturated heterocycles. The fourth-order valence-electron chi connectivity index (χ4n) is 3.03. The second kappa shape index (κ2) is 8.26. The molecular weight excluding hydrogens is 409 g/mol. The molecule has 28 heavy (non-hydrogen) atoms. The number of rotatable bonds is 7. The summed E-state index contributed by atoms with van der Waals surface area (Å²) < 4.78 is 24.0. The molecule has 3 rings (SSSR count). The topological polar surface area (TPSA) is 150 Å². The van der Waals surface area contributed by atoms with Gasteiger partial charge in [0.15, 0.2) is 17.4 Å². The maximum atomic E-state index is 12.1. The van der Waals surface area contributed by atoms with Crippen molar-refractivity contribution < 1.29 is 23.6 Å². The van der Waals surface area contributed by atoms with Crippen molar-refractivity contribution in [2.75, 3.05) is 32.7 Å². The average Bonchev–Trinajstić information content (AvgIpc) is 3.14. The van der Waals surface area contributed by atoms with Crippen LogP contribution in [0, 0.1) is 12.3 Å². The molecule has 13 heteroatoms. The molecule has 152 valence electrons. The van der Waals surface area contributed by atoms with Crippen molar-refractivity contribution in [3.63, 3.8) is 0 Å². The van der Waals surface area contributed by atoms with Crippen molar-refractivity contribution in [1.82, 2.24) is 19.5 Å². The maximum absolute atomic E-state index is 12.1. The number of anilines is 1. The molecule has 0 saturated carbocycles. The Balaban J connectivity index is 2.06. The molecule has 2 aromatic heterocycles. The summed E-state index contributed by atoms with van der Waals surface area (Å²) in [6.45, 7) is -1.94. The molecule has 0 amide bonds. The highest BCUT2D eigenvalue weighted by Gasteiger charge is 2.48. The Morgan fingerprint density at radius 3 is 2.96 bits per heavy atom. The van der Waals surface area contributed by atoms with E-state index in [0.717, 1.165) is 0 Å². The third kappa shape index (κ3) is 4.26. The van der Waals surface area contributed by atoms with Gasteiger partial charge < -0.3 is 29.4 Å². The van der Waals surface area contributed by atoms with E-state index in [2.05, 4.69) is 20.9 Å². The molecule has 1 fully saturated rings. The molecule has 11 nitrogen and oxygen atoms in total. The van der Waals surface area contributed by atoms with Gasteiger partial charge in [-0.05, 0) is 13.2 Å². The van der Waals surface area contributed by atoms with Gasteiger partial charge in [-0.1, -0.05) is 17.7 Å². The summed E-state index contributed by atoms with van der Waals surface area (Å²) in [5.41, 5.74) is 5.42. The number of aromatic amines is 1. The number of nitrogen functional groups attached to an aromatic ring is 1. The van der Waals surface area contributed by atoms with Crippen LogP contribution in [0.2, 0.25) is 0 Å². The highest BCUT2D eigenvalue weighted by Crippen LogP contribution is 2.43. The first-order valence-corrected chi connectivity index (χ1v) is 11.2. The van der Waals surface area contributed by atoms with Crippen LogP contribution in [-0.4, -0.2) is 64.8 Å². The van der Waals surface area contributed by atoms with E-state index in [1.165, 1.54) is 24.7 Å². The van der Waals surface area contributed by atoms with E-state index in [1.54, 1.807) is 0 Å². The van der Waals surface area contributed by atoms with E-state index < -0.39 is 36.6 Å². The number of hydrogen-bond donors (Lipinski definition) is 2. The lowest BCUT2D eigenvalue weighted by molar-refractivity contribution is -0.189. The van der Waals surface area contributed by atoms with Crippen molar-refractivity contribution in [2.24, 2.45) is 0 Å². The van der Waals surface area contributed by atoms with Gasteiger partial charge in [-0.3, -0.25) is 14.3 Å². The fourth-order valence-corrected chi connectivity index (χ4v) is 4.03. The van der Waals surface area contributed by atoms with Gasteiger partial charge in [0.25, 0.3) is 5.56 Å². The monoisotopic (exact) mass is 428 g/mol. The van der Waals surface area contributed by atoms with Crippen LogP contribution < -0.4 is 16.2 Å². The van der Waals surface area contributed by atoms with Crippen LogP contribution >= 0.6 is 6.49 Å². The second-order valence-corrected chi connectivity index (χ2v) is 9.86. The van der Waals surface area contributed by atoms with Crippen molar-refractivity contribution >= 4 is 35.4 Å². The van der Waals surface area contributed by atoms with E-state index in [4.69, 9.17) is 42.7 Å². The molecule has 0 radical (unpaired) electrons. The first-order chi connectivity index (χ1) is 13.2. The van der Waals surface area contributed by atoms with Gasteiger partial charge in [0, 0.05) is 7.11 Å². The first kappa shape index (κ1) is 20.9. The second-order valence-electron chi connectivity index (χ2n) is 6.12. The molecule has 3 N–H and O–H groups in total. The lowest BCUT2D eigenvalue weighted by atomic mass is 10.1. The van der Waals surface area contributed by atoms with Crippen molar-refractivity contribution in [2.45, 2.75) is 24.5 Å². The van der Waals surface area contributed by atoms with Gasteiger partial charge in [-0.25, -0.2) is 4.98 Å². The number of nitrogens with zero attached hydrogens (tertiary/aromatic N) is 3. The number of imidazole rings is 1. The quantitative estimate of drug-likeness (QED) is 0.413. The maximum Gasteiger partial charge on any atom is 0.280 e. The minimum absolute atomic E-state index is 0.0572. The number of nitrogens with two attached hydrogens (primary N) is 1. The minimum atomic E-state index is -3.31. The zero-order chi connectivity index (χ0) is 20.5. The Bertz CT molecular complexity index is 997. The Labute approximate surface area is 165 Å². The third-order valence-corrected chi connectivity index (χ3v) is 4.90. The number of hydrogen-bond acceptors (Lipinski definition) is 10. The summed E-state index contributed by atoms with van der Waals surface area (Å²) in [4.78, 5) is 34.8. The summed E-state index contributed by atoms with van der Waals surface area (Å²) in [6, 6.07) is 0. The molecule has 0 bridgehead atoms. The van der Waals surface area contributed by atoms with Crippen LogP contribution in [0.4, 0.5) is 5.95 Å². The van der Waals surface area contributed by atoms with Crippen LogP contribution in [0.25, 0.3) is 11.2 Å². The number of terminal acetylenes is 1. The van der Waals surface area contributed by atoms with Gasteiger partial charge >= 0.3 is 0 Å². The van der Waals surface area contributed by atoms with Crippen LogP contribution in [-0.2, 0) is 30.5 Å². The normalized spacial score (nSPS) is 26.9. The van der Waals surface area contributed by atoms with E-state index >= 15 is 0 Å². The molecule has 5 atom stereocenters. The predicted octanol–water partition coefficient (Wildman–Crippen LogP) is -1.05. The van der Waals surface area contributed by atoms with E-state index in [0.29, 0.717) is 0 Å². The van der Waals surface area contributed by atoms with Crippen LogP contribution in [0.15, 0.2) is 11.1 Å². The minimum Gasteiger partial charge on any atom is -0.801 e. The van der Waals surface area contributed by atoms with Gasteiger partial charge in [0.1, 0.15) is 24.9 Å². The number of aromatic nitrogens is 4. The third-order valence-electron chi connectivity index (χ3n) is 4.01. The molecule has 1 unspecified atom stereocenters. The number of ether oxygens (including phenoxy) is 3. The molecule has 0 spiro atoms. The Morgan fingerprint density at radius 1 is 1.57 bits per heavy atom. The average molecular weight is 428 g/mol. The Morgan fingerprint density at radius 2 is 2.32 bits per heavy atom. The summed E-state index contributed by atoms with van der Waals surface area (Å²) in [5, 5.41) is 0. The molecule has 3 heterocycles. The smallest absolute Gasteiger partial charge is 0.280 e. The highest BCUT2D eigenvalue weighted by molar-refractivity contribution is 8.08. The highest BCUT2D eigenvalue weighted by atomic mass is 32.5. The molecule has 1 aliphatic heterocycles.